The predicted octanol–water partition coefficient (Wildman–Crippen LogP) is 7.22. The monoisotopic (exact) mass is 616 g/mol. The van der Waals surface area contributed by atoms with Gasteiger partial charge in [0.05, 0.1) is 18.5 Å². The van der Waals surface area contributed by atoms with Crippen LogP contribution in [0.15, 0.2) is 47.1 Å². The van der Waals surface area contributed by atoms with Crippen molar-refractivity contribution in [1.29, 1.82) is 0 Å². The maximum Gasteiger partial charge on any atom is 0.197 e. The topological polar surface area (TPSA) is 59.7 Å². The molecule has 0 amide bonds. The molecular formula is C23H22I2O4. The summed E-state index contributed by atoms with van der Waals surface area (Å²) >= 11 is 4.06. The molecule has 0 aliphatic rings. The molecule has 1 N–H and O–H groups in total. The highest BCUT2D eigenvalue weighted by atomic mass is 127. The second kappa shape index (κ2) is 9.51. The van der Waals surface area contributed by atoms with Crippen molar-refractivity contribution in [3.05, 3.63) is 66.7 Å². The highest BCUT2D eigenvalue weighted by Gasteiger charge is 2.23. The number of phenols is 1. The van der Waals surface area contributed by atoms with Gasteiger partial charge in [-0.1, -0.05) is 26.8 Å². The molecule has 3 rings (SSSR count). The van der Waals surface area contributed by atoms with Gasteiger partial charge in [0, 0.05) is 29.9 Å². The lowest BCUT2D eigenvalue weighted by Gasteiger charge is -2.08. The number of hydrogen-bond acceptors (Lipinski definition) is 4. The number of phenolic OH excluding ortho intramolecular Hbond substituents is 1. The van der Waals surface area contributed by atoms with Crippen molar-refractivity contribution >= 4 is 61.9 Å². The van der Waals surface area contributed by atoms with Gasteiger partial charge in [-0.15, -0.1) is 0 Å². The van der Waals surface area contributed by atoms with E-state index in [4.69, 9.17) is 9.15 Å². The number of ether oxygens (including phenoxy) is 1. The van der Waals surface area contributed by atoms with Gasteiger partial charge in [-0.2, -0.15) is 0 Å². The van der Waals surface area contributed by atoms with Crippen molar-refractivity contribution in [2.45, 2.75) is 39.5 Å². The predicted molar refractivity (Wildman–Crippen MR) is 132 cm³/mol. The molecular weight excluding hydrogens is 594 g/mol. The van der Waals surface area contributed by atoms with E-state index in [1.807, 2.05) is 70.3 Å². The van der Waals surface area contributed by atoms with Crippen LogP contribution in [0.25, 0.3) is 11.0 Å². The third-order valence-corrected chi connectivity index (χ3v) is 6.28. The third-order valence-electron chi connectivity index (χ3n) is 4.63. The quantitative estimate of drug-likeness (QED) is 0.165. The number of aryl methyl sites for hydroxylation is 1. The van der Waals surface area contributed by atoms with Crippen molar-refractivity contribution in [3.8, 4) is 11.5 Å². The zero-order valence-electron chi connectivity index (χ0n) is 16.4. The Hall–Kier alpha value is -1.55. The SMILES string of the molecule is C=C(CCCC)Oc1ccc2c(C(=O)c3cc(I)c(O)c(I)c3)c(CC)oc2c1. The number of aromatic hydroxyl groups is 1. The van der Waals surface area contributed by atoms with Crippen LogP contribution in [0, 0.1) is 7.14 Å². The number of rotatable bonds is 8. The molecule has 0 aliphatic heterocycles. The minimum atomic E-state index is -0.113. The van der Waals surface area contributed by atoms with E-state index in [0.717, 1.165) is 30.4 Å². The van der Waals surface area contributed by atoms with E-state index in [0.29, 0.717) is 41.8 Å². The maximum atomic E-state index is 13.3. The lowest BCUT2D eigenvalue weighted by Crippen LogP contribution is -2.04. The molecule has 0 saturated carbocycles. The average Bonchev–Trinajstić information content (AvgIpc) is 3.07. The van der Waals surface area contributed by atoms with Gasteiger partial charge >= 0.3 is 0 Å². The van der Waals surface area contributed by atoms with Gasteiger partial charge in [-0.05, 0) is 75.9 Å². The number of unbranched alkanes of at least 4 members (excludes halogenated alkanes) is 1. The molecule has 1 aromatic heterocycles. The molecule has 0 fully saturated rings. The smallest absolute Gasteiger partial charge is 0.197 e. The molecule has 0 radical (unpaired) electrons. The van der Waals surface area contributed by atoms with Crippen molar-refractivity contribution in [2.75, 3.05) is 0 Å². The first-order chi connectivity index (χ1) is 13.8. The van der Waals surface area contributed by atoms with Crippen LogP contribution in [0.1, 0.15) is 54.8 Å². The zero-order chi connectivity index (χ0) is 21.1. The molecule has 2 aromatic carbocycles. The minimum absolute atomic E-state index is 0.113. The van der Waals surface area contributed by atoms with Crippen LogP contribution < -0.4 is 4.74 Å². The number of allylic oxidation sites excluding steroid dienone is 1. The normalized spacial score (nSPS) is 11.0. The van der Waals surface area contributed by atoms with Crippen LogP contribution in [0.3, 0.4) is 0 Å². The van der Waals surface area contributed by atoms with E-state index in [1.54, 1.807) is 12.1 Å². The van der Waals surface area contributed by atoms with E-state index in [-0.39, 0.29) is 11.5 Å². The van der Waals surface area contributed by atoms with Gasteiger partial charge in [0.2, 0.25) is 0 Å². The van der Waals surface area contributed by atoms with Crippen LogP contribution in [0.2, 0.25) is 0 Å². The second-order valence-corrected chi connectivity index (χ2v) is 9.10. The summed E-state index contributed by atoms with van der Waals surface area (Å²) in [5.41, 5.74) is 1.72. The first-order valence-electron chi connectivity index (χ1n) is 9.49. The number of ketones is 1. The Labute approximate surface area is 197 Å². The van der Waals surface area contributed by atoms with Gasteiger partial charge in [0.1, 0.15) is 22.8 Å². The van der Waals surface area contributed by atoms with Gasteiger partial charge in [0.15, 0.2) is 5.78 Å². The summed E-state index contributed by atoms with van der Waals surface area (Å²) < 4.78 is 13.1. The number of furan rings is 1. The Morgan fingerprint density at radius 3 is 2.48 bits per heavy atom. The molecule has 4 nitrogen and oxygen atoms in total. The highest BCUT2D eigenvalue weighted by Crippen LogP contribution is 2.34. The van der Waals surface area contributed by atoms with E-state index in [2.05, 4.69) is 13.5 Å². The van der Waals surface area contributed by atoms with E-state index in [1.165, 1.54) is 0 Å². The van der Waals surface area contributed by atoms with Crippen LogP contribution in [-0.2, 0) is 6.42 Å². The van der Waals surface area contributed by atoms with E-state index >= 15 is 0 Å². The number of hydrogen-bond donors (Lipinski definition) is 1. The summed E-state index contributed by atoms with van der Waals surface area (Å²) in [7, 11) is 0. The molecule has 29 heavy (non-hydrogen) atoms. The molecule has 0 unspecified atom stereocenters. The van der Waals surface area contributed by atoms with Crippen LogP contribution in [-0.4, -0.2) is 10.9 Å². The molecule has 3 aromatic rings. The van der Waals surface area contributed by atoms with Crippen molar-refractivity contribution in [1.82, 2.24) is 0 Å². The molecule has 0 saturated heterocycles. The van der Waals surface area contributed by atoms with Gasteiger partial charge < -0.3 is 14.3 Å². The Balaban J connectivity index is 2.00. The molecule has 152 valence electrons. The fraction of sp³-hybridized carbons (Fsp3) is 0.261. The van der Waals surface area contributed by atoms with Crippen molar-refractivity contribution in [2.24, 2.45) is 0 Å². The molecule has 0 aliphatic carbocycles. The Bertz CT molecular complexity index is 1060. The summed E-state index contributed by atoms with van der Waals surface area (Å²) in [6.07, 6.45) is 3.53. The Morgan fingerprint density at radius 1 is 1.17 bits per heavy atom. The Kier molecular flexibility index (Phi) is 7.26. The van der Waals surface area contributed by atoms with Crippen LogP contribution >= 0.6 is 45.2 Å². The van der Waals surface area contributed by atoms with Crippen molar-refractivity contribution in [3.63, 3.8) is 0 Å². The Morgan fingerprint density at radius 2 is 1.86 bits per heavy atom. The standard InChI is InChI=1S/C23H22I2O4/c1-4-6-7-13(3)28-15-8-9-16-20(12-15)29-19(5-2)21(16)22(26)14-10-17(24)23(27)18(25)11-14/h8-12,27H,3-7H2,1-2H3. The molecule has 0 spiro atoms. The summed E-state index contributed by atoms with van der Waals surface area (Å²) in [6.45, 7) is 8.06. The lowest BCUT2D eigenvalue weighted by molar-refractivity contribution is 0.103. The van der Waals surface area contributed by atoms with Gasteiger partial charge in [-0.3, -0.25) is 4.79 Å². The van der Waals surface area contributed by atoms with Crippen molar-refractivity contribution < 1.29 is 19.1 Å². The fourth-order valence-corrected chi connectivity index (χ4v) is 4.89. The largest absolute Gasteiger partial charge is 0.506 e. The minimum Gasteiger partial charge on any atom is -0.506 e. The van der Waals surface area contributed by atoms with Crippen LogP contribution in [0.5, 0.6) is 11.5 Å². The highest BCUT2D eigenvalue weighted by molar-refractivity contribution is 14.1. The van der Waals surface area contributed by atoms with Gasteiger partial charge in [0.25, 0.3) is 0 Å². The second-order valence-electron chi connectivity index (χ2n) is 6.77. The third kappa shape index (κ3) is 4.79. The number of carbonyl (C=O) groups excluding carboxylic acids is 1. The number of benzene rings is 2. The summed E-state index contributed by atoms with van der Waals surface area (Å²) in [6, 6.07) is 8.92. The number of fused-ring (bicyclic) bond motifs is 1. The van der Waals surface area contributed by atoms with Crippen LogP contribution in [0.4, 0.5) is 0 Å². The maximum absolute atomic E-state index is 13.3. The molecule has 0 atom stereocenters. The summed E-state index contributed by atoms with van der Waals surface area (Å²) in [4.78, 5) is 13.3. The molecule has 6 heteroatoms. The number of halogens is 2. The molecule has 1 heterocycles. The summed E-state index contributed by atoms with van der Waals surface area (Å²) in [5.74, 6) is 2.10. The first kappa shape index (κ1) is 22.1. The van der Waals surface area contributed by atoms with Gasteiger partial charge in [-0.25, -0.2) is 0 Å². The average molecular weight is 616 g/mol. The van der Waals surface area contributed by atoms with E-state index < -0.39 is 0 Å². The lowest BCUT2D eigenvalue weighted by atomic mass is 9.99. The summed E-state index contributed by atoms with van der Waals surface area (Å²) in [5, 5.41) is 10.8. The van der Waals surface area contributed by atoms with E-state index in [9.17, 15) is 9.90 Å². The number of carbonyl (C=O) groups is 1. The first-order valence-corrected chi connectivity index (χ1v) is 11.6. The fourth-order valence-electron chi connectivity index (χ4n) is 3.12. The zero-order valence-corrected chi connectivity index (χ0v) is 20.7. The molecule has 0 bridgehead atoms.